The Balaban J connectivity index is 3.25. The van der Waals surface area contributed by atoms with Crippen LogP contribution in [0.1, 0.15) is 71.6 Å². The number of unbranched alkanes of at least 4 members (excludes halogenated alkanes) is 5. The van der Waals surface area contributed by atoms with Crippen molar-refractivity contribution in [2.45, 2.75) is 84.0 Å². The van der Waals surface area contributed by atoms with E-state index in [2.05, 4.69) is 25.9 Å². The molecule has 0 heterocycles. The molecule has 0 aromatic carbocycles. The van der Waals surface area contributed by atoms with Crippen LogP contribution in [0, 0.1) is 0 Å². The molecule has 0 aromatic rings. The number of ether oxygens (including phenoxy) is 1. The Morgan fingerprint density at radius 2 is 1.53 bits per heavy atom. The van der Waals surface area contributed by atoms with Gasteiger partial charge in [0.2, 0.25) is 0 Å². The molecule has 0 spiro atoms. The van der Waals surface area contributed by atoms with Crippen LogP contribution in [0.15, 0.2) is 0 Å². The summed E-state index contributed by atoms with van der Waals surface area (Å²) in [6, 6.07) is 0. The van der Waals surface area contributed by atoms with Crippen LogP contribution in [-0.4, -0.2) is 43.0 Å². The first-order valence-corrected chi connectivity index (χ1v) is 8.04. The van der Waals surface area contributed by atoms with Crippen LogP contribution in [0.2, 0.25) is 0 Å². The lowest BCUT2D eigenvalue weighted by Crippen LogP contribution is -2.19. The first-order valence-electron chi connectivity index (χ1n) is 8.04. The molecule has 0 saturated heterocycles. The van der Waals surface area contributed by atoms with Crippen LogP contribution in [0.3, 0.4) is 0 Å². The van der Waals surface area contributed by atoms with Gasteiger partial charge in [-0.25, -0.2) is 0 Å². The molecule has 0 amide bonds. The zero-order valence-electron chi connectivity index (χ0n) is 13.5. The topological polar surface area (TPSA) is 32.7 Å². The second-order valence-corrected chi connectivity index (χ2v) is 5.90. The molecule has 0 radical (unpaired) electrons. The SMILES string of the molecule is CCCC(C)OC(O)CCCCCCCCN(C)C. The molecule has 2 atom stereocenters. The second-order valence-electron chi connectivity index (χ2n) is 5.90. The van der Waals surface area contributed by atoms with Crippen molar-refractivity contribution < 1.29 is 9.84 Å². The van der Waals surface area contributed by atoms with E-state index in [-0.39, 0.29) is 6.10 Å². The van der Waals surface area contributed by atoms with Crippen molar-refractivity contribution in [3.05, 3.63) is 0 Å². The minimum atomic E-state index is -0.560. The third-order valence-electron chi connectivity index (χ3n) is 3.39. The van der Waals surface area contributed by atoms with Gasteiger partial charge in [-0.1, -0.05) is 39.0 Å². The summed E-state index contributed by atoms with van der Waals surface area (Å²) >= 11 is 0. The third-order valence-corrected chi connectivity index (χ3v) is 3.39. The lowest BCUT2D eigenvalue weighted by Gasteiger charge is -2.17. The van der Waals surface area contributed by atoms with E-state index in [1.54, 1.807) is 0 Å². The van der Waals surface area contributed by atoms with Gasteiger partial charge < -0.3 is 14.7 Å². The van der Waals surface area contributed by atoms with Crippen LogP contribution in [0.4, 0.5) is 0 Å². The first-order chi connectivity index (χ1) is 9.06. The summed E-state index contributed by atoms with van der Waals surface area (Å²) in [4.78, 5) is 2.24. The predicted octanol–water partition coefficient (Wildman–Crippen LogP) is 3.80. The Morgan fingerprint density at radius 1 is 0.947 bits per heavy atom. The molecule has 0 aliphatic rings. The molecule has 116 valence electrons. The van der Waals surface area contributed by atoms with Gasteiger partial charge >= 0.3 is 0 Å². The maximum atomic E-state index is 9.72. The van der Waals surface area contributed by atoms with Crippen LogP contribution in [-0.2, 0) is 4.74 Å². The van der Waals surface area contributed by atoms with Gasteiger partial charge in [-0.15, -0.1) is 0 Å². The van der Waals surface area contributed by atoms with E-state index in [1.807, 2.05) is 6.92 Å². The fourth-order valence-electron chi connectivity index (χ4n) is 2.26. The molecule has 19 heavy (non-hydrogen) atoms. The van der Waals surface area contributed by atoms with E-state index >= 15 is 0 Å². The van der Waals surface area contributed by atoms with Gasteiger partial charge in [0.1, 0.15) is 0 Å². The fraction of sp³-hybridized carbons (Fsp3) is 1.00. The summed E-state index contributed by atoms with van der Waals surface area (Å²) in [5.74, 6) is 0. The Hall–Kier alpha value is -0.120. The van der Waals surface area contributed by atoms with Crippen molar-refractivity contribution in [2.75, 3.05) is 20.6 Å². The van der Waals surface area contributed by atoms with Crippen LogP contribution >= 0.6 is 0 Å². The number of hydrogen-bond acceptors (Lipinski definition) is 3. The fourth-order valence-corrected chi connectivity index (χ4v) is 2.26. The summed E-state index contributed by atoms with van der Waals surface area (Å²) in [6.07, 6.45) is 10.1. The molecule has 1 N–H and O–H groups in total. The molecule has 0 rings (SSSR count). The molecular weight excluding hydrogens is 238 g/mol. The van der Waals surface area contributed by atoms with Gasteiger partial charge in [0.05, 0.1) is 6.10 Å². The normalized spacial score (nSPS) is 14.8. The smallest absolute Gasteiger partial charge is 0.154 e. The van der Waals surface area contributed by atoms with Gasteiger partial charge in [0.15, 0.2) is 6.29 Å². The molecule has 0 saturated carbocycles. The average molecular weight is 273 g/mol. The Labute approximate surface area is 120 Å². The minimum Gasteiger partial charge on any atom is -0.368 e. The largest absolute Gasteiger partial charge is 0.368 e. The van der Waals surface area contributed by atoms with Gasteiger partial charge in [0, 0.05) is 0 Å². The van der Waals surface area contributed by atoms with E-state index in [4.69, 9.17) is 4.74 Å². The Morgan fingerprint density at radius 3 is 2.11 bits per heavy atom. The van der Waals surface area contributed by atoms with Crippen molar-refractivity contribution >= 4 is 0 Å². The van der Waals surface area contributed by atoms with Crippen LogP contribution < -0.4 is 0 Å². The molecule has 0 aromatic heterocycles. The highest BCUT2D eigenvalue weighted by Crippen LogP contribution is 2.12. The zero-order chi connectivity index (χ0) is 14.5. The number of hydrogen-bond donors (Lipinski definition) is 1. The molecular formula is C16H35NO2. The lowest BCUT2D eigenvalue weighted by molar-refractivity contribution is -0.136. The first kappa shape index (κ1) is 18.9. The van der Waals surface area contributed by atoms with Crippen molar-refractivity contribution in [1.29, 1.82) is 0 Å². The second kappa shape index (κ2) is 12.9. The predicted molar refractivity (Wildman–Crippen MR) is 82.3 cm³/mol. The highest BCUT2D eigenvalue weighted by atomic mass is 16.6. The molecule has 3 nitrogen and oxygen atoms in total. The van der Waals surface area contributed by atoms with Crippen molar-refractivity contribution in [3.63, 3.8) is 0 Å². The van der Waals surface area contributed by atoms with Crippen LogP contribution in [0.25, 0.3) is 0 Å². The van der Waals surface area contributed by atoms with E-state index in [1.165, 1.54) is 38.6 Å². The highest BCUT2D eigenvalue weighted by Gasteiger charge is 2.08. The summed E-state index contributed by atoms with van der Waals surface area (Å²) in [5, 5.41) is 9.72. The summed E-state index contributed by atoms with van der Waals surface area (Å²) in [7, 11) is 4.25. The van der Waals surface area contributed by atoms with Crippen LogP contribution in [0.5, 0.6) is 0 Å². The van der Waals surface area contributed by atoms with E-state index in [0.29, 0.717) is 0 Å². The lowest BCUT2D eigenvalue weighted by atomic mass is 10.1. The summed E-state index contributed by atoms with van der Waals surface area (Å²) < 4.78 is 5.51. The number of aliphatic hydroxyl groups excluding tert-OH is 1. The monoisotopic (exact) mass is 273 g/mol. The highest BCUT2D eigenvalue weighted by molar-refractivity contribution is 4.53. The molecule has 0 aliphatic carbocycles. The molecule has 3 heteroatoms. The number of nitrogens with zero attached hydrogens (tertiary/aromatic N) is 1. The van der Waals surface area contributed by atoms with Crippen molar-refractivity contribution in [3.8, 4) is 0 Å². The minimum absolute atomic E-state index is 0.186. The number of rotatable bonds is 13. The molecule has 0 bridgehead atoms. The van der Waals surface area contributed by atoms with E-state index in [9.17, 15) is 5.11 Å². The van der Waals surface area contributed by atoms with Gasteiger partial charge in [-0.3, -0.25) is 0 Å². The van der Waals surface area contributed by atoms with Crippen molar-refractivity contribution in [2.24, 2.45) is 0 Å². The zero-order valence-corrected chi connectivity index (χ0v) is 13.5. The molecule has 0 fully saturated rings. The third kappa shape index (κ3) is 14.1. The van der Waals surface area contributed by atoms with E-state index in [0.717, 1.165) is 25.7 Å². The van der Waals surface area contributed by atoms with Crippen molar-refractivity contribution in [1.82, 2.24) is 4.90 Å². The van der Waals surface area contributed by atoms with Gasteiger partial charge in [0.25, 0.3) is 0 Å². The summed E-state index contributed by atoms with van der Waals surface area (Å²) in [5.41, 5.74) is 0. The van der Waals surface area contributed by atoms with Gasteiger partial charge in [-0.2, -0.15) is 0 Å². The Bertz CT molecular complexity index is 186. The van der Waals surface area contributed by atoms with Gasteiger partial charge in [-0.05, 0) is 53.2 Å². The maximum Gasteiger partial charge on any atom is 0.154 e. The maximum absolute atomic E-state index is 9.72. The Kier molecular flexibility index (Phi) is 12.8. The molecule has 0 aliphatic heterocycles. The molecule has 2 unspecified atom stereocenters. The summed E-state index contributed by atoms with van der Waals surface area (Å²) in [6.45, 7) is 5.38. The quantitative estimate of drug-likeness (QED) is 0.409. The average Bonchev–Trinajstić information content (AvgIpc) is 2.32. The number of aliphatic hydroxyl groups is 1. The standard InChI is InChI=1S/C16H35NO2/c1-5-12-15(2)19-16(18)13-10-8-6-7-9-11-14-17(3)4/h15-16,18H,5-14H2,1-4H3. The van der Waals surface area contributed by atoms with E-state index < -0.39 is 6.29 Å².